The fourth-order valence-electron chi connectivity index (χ4n) is 1.59. The van der Waals surface area contributed by atoms with Crippen LogP contribution in [0.1, 0.15) is 12.8 Å². The van der Waals surface area contributed by atoms with Gasteiger partial charge in [0.15, 0.2) is 0 Å². The number of halogens is 1. The molecule has 4 heteroatoms. The van der Waals surface area contributed by atoms with Crippen LogP contribution in [-0.4, -0.2) is 29.3 Å². The molecule has 0 bridgehead atoms. The van der Waals surface area contributed by atoms with E-state index in [9.17, 15) is 0 Å². The van der Waals surface area contributed by atoms with Gasteiger partial charge in [0.05, 0.1) is 16.8 Å². The second-order valence-corrected chi connectivity index (χ2v) is 4.33. The highest BCUT2D eigenvalue weighted by atomic mass is 79.9. The Kier molecular flexibility index (Phi) is 3.03. The predicted octanol–water partition coefficient (Wildman–Crippen LogP) is 1.81. The largest absolute Gasteiger partial charge is 0.395 e. The molecule has 1 aromatic heterocycles. The van der Waals surface area contributed by atoms with Gasteiger partial charge < -0.3 is 10.0 Å². The SMILES string of the molecule is OCCN(c1ccncc1Br)C1CC1. The number of nitrogens with zero attached hydrogens (tertiary/aromatic N) is 2. The first-order chi connectivity index (χ1) is 6.83. The Morgan fingerprint density at radius 1 is 1.57 bits per heavy atom. The van der Waals surface area contributed by atoms with Crippen LogP contribution >= 0.6 is 15.9 Å². The highest BCUT2D eigenvalue weighted by molar-refractivity contribution is 9.10. The minimum absolute atomic E-state index is 0.200. The average molecular weight is 257 g/mol. The van der Waals surface area contributed by atoms with E-state index in [-0.39, 0.29) is 6.61 Å². The fraction of sp³-hybridized carbons (Fsp3) is 0.500. The molecule has 3 nitrogen and oxygen atoms in total. The standard InChI is InChI=1S/C10H13BrN2O/c11-9-7-12-4-3-10(9)13(5-6-14)8-1-2-8/h3-4,7-8,14H,1-2,5-6H2. The van der Waals surface area contributed by atoms with Gasteiger partial charge in [-0.05, 0) is 34.8 Å². The van der Waals surface area contributed by atoms with Crippen molar-refractivity contribution < 1.29 is 5.11 Å². The molecule has 0 amide bonds. The van der Waals surface area contributed by atoms with Crippen LogP contribution in [0, 0.1) is 0 Å². The summed E-state index contributed by atoms with van der Waals surface area (Å²) in [7, 11) is 0. The molecule has 1 aliphatic rings. The highest BCUT2D eigenvalue weighted by Gasteiger charge is 2.29. The summed E-state index contributed by atoms with van der Waals surface area (Å²) in [5.41, 5.74) is 1.14. The number of rotatable bonds is 4. The summed E-state index contributed by atoms with van der Waals surface area (Å²) in [4.78, 5) is 6.27. The van der Waals surface area contributed by atoms with Gasteiger partial charge in [-0.3, -0.25) is 4.98 Å². The Balaban J connectivity index is 2.21. The van der Waals surface area contributed by atoms with E-state index in [0.717, 1.165) is 10.2 Å². The number of pyridine rings is 1. The Morgan fingerprint density at radius 2 is 2.36 bits per heavy atom. The maximum absolute atomic E-state index is 8.99. The van der Waals surface area contributed by atoms with Crippen molar-refractivity contribution in [3.8, 4) is 0 Å². The summed E-state index contributed by atoms with van der Waals surface area (Å²) in [6, 6.07) is 2.60. The maximum Gasteiger partial charge on any atom is 0.0606 e. The zero-order chi connectivity index (χ0) is 9.97. The Labute approximate surface area is 91.9 Å². The Bertz CT molecular complexity index is 315. The normalized spacial score (nSPS) is 15.6. The number of anilines is 1. The van der Waals surface area contributed by atoms with Gasteiger partial charge in [-0.15, -0.1) is 0 Å². The zero-order valence-electron chi connectivity index (χ0n) is 7.86. The molecule has 0 atom stereocenters. The molecule has 0 spiro atoms. The lowest BCUT2D eigenvalue weighted by Crippen LogP contribution is -2.29. The van der Waals surface area contributed by atoms with Gasteiger partial charge in [0, 0.05) is 25.0 Å². The monoisotopic (exact) mass is 256 g/mol. The van der Waals surface area contributed by atoms with Gasteiger partial charge in [0.1, 0.15) is 0 Å². The molecule has 1 N–H and O–H groups in total. The topological polar surface area (TPSA) is 36.4 Å². The van der Waals surface area contributed by atoms with Crippen molar-refractivity contribution >= 4 is 21.6 Å². The summed E-state index contributed by atoms with van der Waals surface area (Å²) < 4.78 is 1.00. The van der Waals surface area contributed by atoms with Gasteiger partial charge in [-0.2, -0.15) is 0 Å². The van der Waals surface area contributed by atoms with Crippen molar-refractivity contribution in [2.75, 3.05) is 18.1 Å². The lowest BCUT2D eigenvalue weighted by molar-refractivity contribution is 0.301. The minimum Gasteiger partial charge on any atom is -0.395 e. The van der Waals surface area contributed by atoms with Crippen LogP contribution in [0.15, 0.2) is 22.9 Å². The molecule has 0 saturated heterocycles. The number of hydrogen-bond acceptors (Lipinski definition) is 3. The molecule has 0 aliphatic heterocycles. The molecule has 0 unspecified atom stereocenters. The molecule has 1 heterocycles. The quantitative estimate of drug-likeness (QED) is 0.893. The van der Waals surface area contributed by atoms with E-state index >= 15 is 0 Å². The second-order valence-electron chi connectivity index (χ2n) is 3.48. The smallest absolute Gasteiger partial charge is 0.0606 e. The van der Waals surface area contributed by atoms with Gasteiger partial charge >= 0.3 is 0 Å². The third-order valence-electron chi connectivity index (χ3n) is 2.39. The summed E-state index contributed by atoms with van der Waals surface area (Å²) in [5, 5.41) is 8.99. The Hall–Kier alpha value is -0.610. The van der Waals surface area contributed by atoms with Crippen molar-refractivity contribution in [3.63, 3.8) is 0 Å². The van der Waals surface area contributed by atoms with E-state index in [4.69, 9.17) is 5.11 Å². The molecule has 1 fully saturated rings. The van der Waals surface area contributed by atoms with Crippen LogP contribution < -0.4 is 4.90 Å². The third kappa shape index (κ3) is 2.07. The maximum atomic E-state index is 8.99. The van der Waals surface area contributed by atoms with E-state index in [0.29, 0.717) is 12.6 Å². The molecular formula is C10H13BrN2O. The highest BCUT2D eigenvalue weighted by Crippen LogP contribution is 2.34. The van der Waals surface area contributed by atoms with E-state index in [1.807, 2.05) is 6.07 Å². The van der Waals surface area contributed by atoms with Gasteiger partial charge in [0.25, 0.3) is 0 Å². The first-order valence-electron chi connectivity index (χ1n) is 4.80. The minimum atomic E-state index is 0.200. The summed E-state index contributed by atoms with van der Waals surface area (Å²) in [6.07, 6.45) is 6.04. The number of aliphatic hydroxyl groups is 1. The molecule has 0 aromatic carbocycles. The second kappa shape index (κ2) is 4.28. The van der Waals surface area contributed by atoms with Crippen LogP contribution in [-0.2, 0) is 0 Å². The molecular weight excluding hydrogens is 244 g/mol. The number of aromatic nitrogens is 1. The van der Waals surface area contributed by atoms with E-state index in [2.05, 4.69) is 25.8 Å². The Morgan fingerprint density at radius 3 is 2.93 bits per heavy atom. The van der Waals surface area contributed by atoms with Crippen molar-refractivity contribution in [3.05, 3.63) is 22.9 Å². The molecule has 14 heavy (non-hydrogen) atoms. The van der Waals surface area contributed by atoms with Crippen LogP contribution in [0.4, 0.5) is 5.69 Å². The molecule has 2 rings (SSSR count). The van der Waals surface area contributed by atoms with Crippen molar-refractivity contribution in [2.45, 2.75) is 18.9 Å². The van der Waals surface area contributed by atoms with Crippen molar-refractivity contribution in [1.82, 2.24) is 4.98 Å². The summed E-state index contributed by atoms with van der Waals surface area (Å²) in [5.74, 6) is 0. The van der Waals surface area contributed by atoms with E-state index < -0.39 is 0 Å². The zero-order valence-corrected chi connectivity index (χ0v) is 9.44. The van der Waals surface area contributed by atoms with Crippen molar-refractivity contribution in [2.24, 2.45) is 0 Å². The first-order valence-corrected chi connectivity index (χ1v) is 5.59. The van der Waals surface area contributed by atoms with E-state index in [1.54, 1.807) is 12.4 Å². The van der Waals surface area contributed by atoms with Crippen LogP contribution in [0.25, 0.3) is 0 Å². The predicted molar refractivity (Wildman–Crippen MR) is 59.4 cm³/mol. The fourth-order valence-corrected chi connectivity index (χ4v) is 2.07. The number of aliphatic hydroxyl groups excluding tert-OH is 1. The van der Waals surface area contributed by atoms with Gasteiger partial charge in [0.2, 0.25) is 0 Å². The van der Waals surface area contributed by atoms with Crippen LogP contribution in [0.3, 0.4) is 0 Å². The lowest BCUT2D eigenvalue weighted by atomic mass is 10.3. The summed E-state index contributed by atoms with van der Waals surface area (Å²) in [6.45, 7) is 0.901. The first kappa shape index (κ1) is 9.93. The van der Waals surface area contributed by atoms with E-state index in [1.165, 1.54) is 12.8 Å². The van der Waals surface area contributed by atoms with Crippen molar-refractivity contribution in [1.29, 1.82) is 0 Å². The average Bonchev–Trinajstić information content (AvgIpc) is 2.99. The van der Waals surface area contributed by atoms with Crippen LogP contribution in [0.2, 0.25) is 0 Å². The molecule has 1 aliphatic carbocycles. The molecule has 76 valence electrons. The summed E-state index contributed by atoms with van der Waals surface area (Å²) >= 11 is 3.48. The number of hydrogen-bond donors (Lipinski definition) is 1. The lowest BCUT2D eigenvalue weighted by Gasteiger charge is -2.24. The third-order valence-corrected chi connectivity index (χ3v) is 3.00. The molecule has 1 saturated carbocycles. The van der Waals surface area contributed by atoms with Crippen LogP contribution in [0.5, 0.6) is 0 Å². The molecule has 1 aromatic rings. The van der Waals surface area contributed by atoms with Gasteiger partial charge in [-0.25, -0.2) is 0 Å². The molecule has 0 radical (unpaired) electrons. The van der Waals surface area contributed by atoms with Gasteiger partial charge in [-0.1, -0.05) is 0 Å².